The second kappa shape index (κ2) is 15.9. The highest BCUT2D eigenvalue weighted by Crippen LogP contribution is 2.48. The molecule has 0 amide bonds. The Morgan fingerprint density at radius 1 is 0.356 bits per heavy atom. The molecule has 14 rings (SSSR count). The van der Waals surface area contributed by atoms with Crippen molar-refractivity contribution in [2.75, 3.05) is 9.80 Å². The lowest BCUT2D eigenvalue weighted by molar-refractivity contribution is 0.590. The Morgan fingerprint density at radius 3 is 1.38 bits per heavy atom. The van der Waals surface area contributed by atoms with Crippen molar-refractivity contribution >= 4 is 108 Å². The van der Waals surface area contributed by atoms with Gasteiger partial charge in [0.15, 0.2) is 8.07 Å². The molecule has 11 aromatic rings. The number of anilines is 6. The molecule has 0 bridgehead atoms. The van der Waals surface area contributed by atoms with E-state index in [2.05, 4.69) is 286 Å². The molecule has 1 aromatic heterocycles. The third-order valence-electron chi connectivity index (χ3n) is 16.3. The molecule has 73 heavy (non-hydrogen) atoms. The fourth-order valence-electron chi connectivity index (χ4n) is 12.9. The highest BCUT2D eigenvalue weighted by molar-refractivity contribution is 7.22. The number of benzene rings is 10. The zero-order chi connectivity index (χ0) is 49.4. The number of nitrogens with zero attached hydrogens (tertiary/aromatic N) is 3. The number of fused-ring (bicyclic) bond motifs is 10. The molecule has 5 heteroatoms. The van der Waals surface area contributed by atoms with Crippen LogP contribution in [0.5, 0.6) is 0 Å². The fraction of sp³-hybridized carbons (Fsp3) is 0.118. The van der Waals surface area contributed by atoms with Crippen LogP contribution in [-0.4, -0.2) is 19.4 Å². The quantitative estimate of drug-likeness (QED) is 0.159. The van der Waals surface area contributed by atoms with Gasteiger partial charge in [0.05, 0.1) is 16.7 Å². The van der Waals surface area contributed by atoms with Gasteiger partial charge in [0, 0.05) is 44.9 Å². The van der Waals surface area contributed by atoms with Crippen LogP contribution in [0.15, 0.2) is 231 Å². The highest BCUT2D eigenvalue weighted by atomic mass is 28.3. The predicted molar refractivity (Wildman–Crippen MR) is 315 cm³/mol. The van der Waals surface area contributed by atoms with Crippen LogP contribution >= 0.6 is 0 Å². The molecule has 0 N–H and O–H groups in total. The number of hydrogen-bond acceptors (Lipinski definition) is 2. The molecule has 0 saturated heterocycles. The van der Waals surface area contributed by atoms with Gasteiger partial charge in [-0.15, -0.1) is 0 Å². The summed E-state index contributed by atoms with van der Waals surface area (Å²) < 4.78 is 2.55. The SMILES string of the molecule is CC(C)(C)c1ccc2c(c1)c1cc(C(C)(C)C)ccc1n2-c1cc2c3c(c1)N(c1ccccc1)c1cc4c(cc1B3c1ccccc1N2c1ccccc1)[Si](c1ccccc1)(c1ccccc1)c1ccccc1-4. The number of rotatable bonds is 5. The van der Waals surface area contributed by atoms with Crippen molar-refractivity contribution in [1.82, 2.24) is 4.57 Å². The molecule has 0 saturated carbocycles. The number of hydrogen-bond donors (Lipinski definition) is 0. The van der Waals surface area contributed by atoms with Gasteiger partial charge in [-0.1, -0.05) is 199 Å². The first kappa shape index (κ1) is 43.7. The average molecular weight is 954 g/mol. The smallest absolute Gasteiger partial charge is 0.252 e. The minimum absolute atomic E-state index is 0.00651. The largest absolute Gasteiger partial charge is 0.311 e. The lowest BCUT2D eigenvalue weighted by atomic mass is 9.33. The van der Waals surface area contributed by atoms with Crippen LogP contribution < -0.4 is 46.9 Å². The van der Waals surface area contributed by atoms with Gasteiger partial charge in [-0.25, -0.2) is 0 Å². The Hall–Kier alpha value is -8.12. The van der Waals surface area contributed by atoms with E-state index in [4.69, 9.17) is 0 Å². The molecule has 3 aliphatic heterocycles. The molecule has 10 aromatic carbocycles. The summed E-state index contributed by atoms with van der Waals surface area (Å²) in [5.41, 5.74) is 19.9. The van der Waals surface area contributed by atoms with Gasteiger partial charge < -0.3 is 14.4 Å². The summed E-state index contributed by atoms with van der Waals surface area (Å²) in [6.45, 7) is 13.9. The minimum Gasteiger partial charge on any atom is -0.311 e. The summed E-state index contributed by atoms with van der Waals surface area (Å²) in [5.74, 6) is 0. The third-order valence-corrected chi connectivity index (χ3v) is 21.2. The van der Waals surface area contributed by atoms with Crippen molar-refractivity contribution in [3.8, 4) is 16.8 Å². The van der Waals surface area contributed by atoms with E-state index in [0.29, 0.717) is 0 Å². The van der Waals surface area contributed by atoms with Crippen LogP contribution in [0.3, 0.4) is 0 Å². The Bertz CT molecular complexity index is 3890. The Morgan fingerprint density at radius 2 is 0.836 bits per heavy atom. The van der Waals surface area contributed by atoms with Gasteiger partial charge in [-0.2, -0.15) is 0 Å². The van der Waals surface area contributed by atoms with Crippen molar-refractivity contribution in [1.29, 1.82) is 0 Å². The van der Waals surface area contributed by atoms with Crippen molar-refractivity contribution in [2.45, 2.75) is 52.4 Å². The second-order valence-electron chi connectivity index (χ2n) is 22.5. The lowest BCUT2D eigenvalue weighted by Gasteiger charge is -2.45. The summed E-state index contributed by atoms with van der Waals surface area (Å²) in [5, 5.41) is 8.29. The monoisotopic (exact) mass is 953 g/mol. The first-order valence-electron chi connectivity index (χ1n) is 26.0. The normalized spacial score (nSPS) is 14.2. The maximum Gasteiger partial charge on any atom is 0.252 e. The van der Waals surface area contributed by atoms with E-state index in [-0.39, 0.29) is 17.5 Å². The molecule has 0 radical (unpaired) electrons. The summed E-state index contributed by atoms with van der Waals surface area (Å²) >= 11 is 0. The van der Waals surface area contributed by atoms with Crippen LogP contribution in [0, 0.1) is 0 Å². The molecule has 3 nitrogen and oxygen atoms in total. The van der Waals surface area contributed by atoms with Crippen molar-refractivity contribution in [3.63, 3.8) is 0 Å². The molecule has 0 atom stereocenters. The van der Waals surface area contributed by atoms with E-state index in [1.807, 2.05) is 0 Å². The van der Waals surface area contributed by atoms with E-state index in [9.17, 15) is 0 Å². The van der Waals surface area contributed by atoms with Gasteiger partial charge in [0.1, 0.15) is 0 Å². The molecule has 0 spiro atoms. The Kier molecular flexibility index (Phi) is 9.53. The molecular weight excluding hydrogens is 898 g/mol. The molecule has 350 valence electrons. The molecule has 0 unspecified atom stereocenters. The minimum atomic E-state index is -2.84. The van der Waals surface area contributed by atoms with Crippen molar-refractivity contribution in [2.24, 2.45) is 0 Å². The lowest BCUT2D eigenvalue weighted by Crippen LogP contribution is -2.73. The van der Waals surface area contributed by atoms with Crippen LogP contribution in [0.2, 0.25) is 0 Å². The molecule has 3 aliphatic rings. The third kappa shape index (κ3) is 6.38. The van der Waals surface area contributed by atoms with Crippen LogP contribution in [0.25, 0.3) is 38.6 Å². The van der Waals surface area contributed by atoms with E-state index in [1.54, 1.807) is 0 Å². The first-order chi connectivity index (χ1) is 35.5. The fourth-order valence-corrected chi connectivity index (χ4v) is 18.1. The summed E-state index contributed by atoms with van der Waals surface area (Å²) in [6.07, 6.45) is 0. The van der Waals surface area contributed by atoms with E-state index in [1.165, 1.54) is 104 Å². The first-order valence-corrected chi connectivity index (χ1v) is 28.0. The van der Waals surface area contributed by atoms with Gasteiger partial charge in [-0.05, 0) is 143 Å². The number of aromatic nitrogens is 1. The molecule has 0 aliphatic carbocycles. The van der Waals surface area contributed by atoms with Crippen molar-refractivity contribution in [3.05, 3.63) is 242 Å². The van der Waals surface area contributed by atoms with Crippen LogP contribution in [0.1, 0.15) is 52.7 Å². The average Bonchev–Trinajstić information content (AvgIpc) is 3.90. The summed E-state index contributed by atoms with van der Waals surface area (Å²) in [7, 11) is -2.84. The standard InChI is InChI=1S/C68H56BN3Si/c1-67(2,3)45-35-37-58-53(39-45)54-40-46(68(4,5)6)36-38-59(54)72(58)49-41-62-66-63(42-49)71(48-25-13-8-14-26-48)61-43-55-52-31-19-22-34-64(52)73(50-27-15-9-16-28-50,51-29-17-10-18-30-51)65(55)44-57(61)69(66)56-32-20-21-33-60(56)70(62)47-23-11-7-12-24-47/h7-44H,1-6H3. The summed E-state index contributed by atoms with van der Waals surface area (Å²) in [4.78, 5) is 5.14. The van der Waals surface area contributed by atoms with E-state index >= 15 is 0 Å². The molecule has 0 fully saturated rings. The van der Waals surface area contributed by atoms with E-state index < -0.39 is 8.07 Å². The zero-order valence-electron chi connectivity index (χ0n) is 42.4. The topological polar surface area (TPSA) is 11.4 Å². The highest BCUT2D eigenvalue weighted by Gasteiger charge is 2.51. The van der Waals surface area contributed by atoms with Gasteiger partial charge in [-0.3, -0.25) is 0 Å². The van der Waals surface area contributed by atoms with Gasteiger partial charge in [0.25, 0.3) is 6.71 Å². The zero-order valence-corrected chi connectivity index (χ0v) is 43.4. The maximum atomic E-state index is 2.68. The number of para-hydroxylation sites is 3. The molecule has 4 heterocycles. The summed E-state index contributed by atoms with van der Waals surface area (Å²) in [6, 6.07) is 88.2. The Labute approximate surface area is 430 Å². The Balaban J connectivity index is 1.13. The molecular formula is C68H56BN3Si. The van der Waals surface area contributed by atoms with Crippen LogP contribution in [0.4, 0.5) is 34.1 Å². The van der Waals surface area contributed by atoms with Crippen molar-refractivity contribution < 1.29 is 0 Å². The van der Waals surface area contributed by atoms with E-state index in [0.717, 1.165) is 17.1 Å². The second-order valence-corrected chi connectivity index (χ2v) is 26.2. The van der Waals surface area contributed by atoms with Crippen LogP contribution in [-0.2, 0) is 10.8 Å². The predicted octanol–water partition coefficient (Wildman–Crippen LogP) is 12.8. The maximum absolute atomic E-state index is 2.84. The van der Waals surface area contributed by atoms with Gasteiger partial charge >= 0.3 is 0 Å². The van der Waals surface area contributed by atoms with Gasteiger partial charge in [0.2, 0.25) is 0 Å².